The molecule has 7 nitrogen and oxygen atoms in total. The molecular weight excluding hydrogens is 534 g/mol. The zero-order valence-corrected chi connectivity index (χ0v) is 22.5. The molecule has 2 aromatic heterocycles. The summed E-state index contributed by atoms with van der Waals surface area (Å²) in [6.07, 6.45) is 3.49. The quantitative estimate of drug-likeness (QED) is 0.164. The number of nitrogens with zero attached hydrogens (tertiary/aromatic N) is 4. The van der Waals surface area contributed by atoms with Gasteiger partial charge in [-0.3, -0.25) is 9.48 Å². The molecule has 200 valence electrons. The van der Waals surface area contributed by atoms with Crippen LogP contribution in [0.3, 0.4) is 0 Å². The Bertz CT molecular complexity index is 1880. The Morgan fingerprint density at radius 2 is 1.66 bits per heavy atom. The van der Waals surface area contributed by atoms with Crippen LogP contribution in [-0.4, -0.2) is 32.0 Å². The van der Waals surface area contributed by atoms with E-state index in [-0.39, 0.29) is 5.75 Å². The van der Waals surface area contributed by atoms with Gasteiger partial charge in [0.25, 0.3) is 5.91 Å². The van der Waals surface area contributed by atoms with Gasteiger partial charge in [-0.1, -0.05) is 84.4 Å². The van der Waals surface area contributed by atoms with Crippen LogP contribution in [0.25, 0.3) is 33.4 Å². The summed E-state index contributed by atoms with van der Waals surface area (Å²) in [5.74, 6) is -0.310. The number of pyridine rings is 1. The minimum Gasteiger partial charge on any atom is -0.507 e. The van der Waals surface area contributed by atoms with Gasteiger partial charge in [-0.2, -0.15) is 10.2 Å². The predicted octanol–water partition coefficient (Wildman–Crippen LogP) is 6.94. The van der Waals surface area contributed by atoms with E-state index >= 15 is 0 Å². The van der Waals surface area contributed by atoms with Gasteiger partial charge in [-0.25, -0.2) is 10.4 Å². The highest BCUT2D eigenvalue weighted by Gasteiger charge is 2.16. The van der Waals surface area contributed by atoms with Gasteiger partial charge in [0.15, 0.2) is 0 Å². The van der Waals surface area contributed by atoms with Crippen molar-refractivity contribution in [2.45, 2.75) is 6.54 Å². The molecule has 0 aliphatic heterocycles. The third-order valence-electron chi connectivity index (χ3n) is 6.61. The molecule has 0 radical (unpaired) electrons. The average Bonchev–Trinajstić information content (AvgIpc) is 3.40. The second-order valence-electron chi connectivity index (χ2n) is 9.41. The van der Waals surface area contributed by atoms with E-state index in [1.165, 1.54) is 0 Å². The SMILES string of the molecule is O=C(NN=Cc1cn(Cc2ccc(Cl)cc2)nc1-c1ccccc1)c1cc(-c2ccccc2O)nc2ccccc12. The molecule has 0 fully saturated rings. The van der Waals surface area contributed by atoms with Crippen molar-refractivity contribution < 1.29 is 9.90 Å². The van der Waals surface area contributed by atoms with Crippen molar-refractivity contribution in [2.24, 2.45) is 5.10 Å². The summed E-state index contributed by atoms with van der Waals surface area (Å²) < 4.78 is 1.84. The lowest BCUT2D eigenvalue weighted by Gasteiger charge is -2.10. The van der Waals surface area contributed by atoms with Crippen molar-refractivity contribution in [1.29, 1.82) is 0 Å². The van der Waals surface area contributed by atoms with Crippen molar-refractivity contribution >= 4 is 34.6 Å². The maximum absolute atomic E-state index is 13.4. The number of aromatic nitrogens is 3. The Balaban J connectivity index is 1.31. The Morgan fingerprint density at radius 1 is 0.927 bits per heavy atom. The number of hydrazone groups is 1. The Morgan fingerprint density at radius 3 is 2.46 bits per heavy atom. The summed E-state index contributed by atoms with van der Waals surface area (Å²) >= 11 is 6.04. The number of para-hydroxylation sites is 2. The van der Waals surface area contributed by atoms with Crippen LogP contribution >= 0.6 is 11.6 Å². The van der Waals surface area contributed by atoms with E-state index < -0.39 is 5.91 Å². The van der Waals surface area contributed by atoms with Gasteiger partial charge in [0, 0.05) is 33.3 Å². The lowest BCUT2D eigenvalue weighted by Crippen LogP contribution is -2.18. The van der Waals surface area contributed by atoms with E-state index in [4.69, 9.17) is 16.7 Å². The summed E-state index contributed by atoms with van der Waals surface area (Å²) in [5, 5.41) is 20.8. The number of benzene rings is 4. The first-order chi connectivity index (χ1) is 20.0. The Kier molecular flexibility index (Phi) is 7.26. The third kappa shape index (κ3) is 5.71. The molecule has 6 rings (SSSR count). The van der Waals surface area contributed by atoms with Gasteiger partial charge >= 0.3 is 0 Å². The van der Waals surface area contributed by atoms with Crippen LogP contribution in [0, 0.1) is 0 Å². The summed E-state index contributed by atoms with van der Waals surface area (Å²) in [6, 6.07) is 33.4. The first kappa shape index (κ1) is 26.0. The number of carbonyl (C=O) groups is 1. The first-order valence-corrected chi connectivity index (χ1v) is 13.3. The Hall–Kier alpha value is -5.27. The van der Waals surface area contributed by atoms with E-state index in [0.29, 0.717) is 39.3 Å². The first-order valence-electron chi connectivity index (χ1n) is 12.9. The fourth-order valence-electron chi connectivity index (χ4n) is 4.62. The number of aromatic hydroxyl groups is 1. The van der Waals surface area contributed by atoms with E-state index in [1.54, 1.807) is 30.5 Å². The normalized spacial score (nSPS) is 11.2. The number of fused-ring (bicyclic) bond motifs is 1. The molecule has 41 heavy (non-hydrogen) atoms. The van der Waals surface area contributed by atoms with Crippen LogP contribution in [-0.2, 0) is 6.54 Å². The third-order valence-corrected chi connectivity index (χ3v) is 6.86. The number of phenolic OH excluding ortho intramolecular Hbond substituents is 1. The zero-order valence-electron chi connectivity index (χ0n) is 21.8. The van der Waals surface area contributed by atoms with E-state index in [1.807, 2.05) is 95.8 Å². The van der Waals surface area contributed by atoms with Crippen LogP contribution in [0.15, 0.2) is 120 Å². The van der Waals surface area contributed by atoms with Crippen molar-refractivity contribution in [3.05, 3.63) is 137 Å². The smallest absolute Gasteiger partial charge is 0.272 e. The minimum atomic E-state index is -0.397. The molecule has 0 aliphatic rings. The van der Waals surface area contributed by atoms with Crippen molar-refractivity contribution in [1.82, 2.24) is 20.2 Å². The molecule has 4 aromatic carbocycles. The van der Waals surface area contributed by atoms with Crippen LogP contribution in [0.5, 0.6) is 5.75 Å². The summed E-state index contributed by atoms with van der Waals surface area (Å²) in [7, 11) is 0. The highest BCUT2D eigenvalue weighted by atomic mass is 35.5. The lowest BCUT2D eigenvalue weighted by atomic mass is 10.0. The molecule has 0 bridgehead atoms. The lowest BCUT2D eigenvalue weighted by molar-refractivity contribution is 0.0956. The monoisotopic (exact) mass is 557 g/mol. The zero-order chi connectivity index (χ0) is 28.2. The van der Waals surface area contributed by atoms with Crippen LogP contribution in [0.4, 0.5) is 0 Å². The molecule has 1 amide bonds. The number of phenols is 1. The molecule has 0 saturated carbocycles. The van der Waals surface area contributed by atoms with E-state index in [9.17, 15) is 9.90 Å². The van der Waals surface area contributed by atoms with Gasteiger partial charge in [-0.15, -0.1) is 0 Å². The van der Waals surface area contributed by atoms with Crippen LogP contribution < -0.4 is 5.43 Å². The number of amides is 1. The average molecular weight is 558 g/mol. The summed E-state index contributed by atoms with van der Waals surface area (Å²) in [5.41, 5.74) is 8.21. The number of hydrogen-bond acceptors (Lipinski definition) is 5. The number of rotatable bonds is 7. The van der Waals surface area contributed by atoms with Gasteiger partial charge in [0.05, 0.1) is 29.5 Å². The summed E-state index contributed by atoms with van der Waals surface area (Å²) in [6.45, 7) is 0.551. The maximum atomic E-state index is 13.4. The van der Waals surface area contributed by atoms with Gasteiger partial charge in [0.1, 0.15) is 11.4 Å². The standard InChI is InChI=1S/C33H24ClN5O2/c34-25-16-14-22(15-17-25)20-39-21-24(32(38-39)23-8-2-1-3-9-23)19-35-37-33(41)28-18-30(27-11-5-7-13-31(27)40)36-29-12-6-4-10-26(28)29/h1-19,21,40H,20H2,(H,37,41). The van der Waals surface area contributed by atoms with Crippen molar-refractivity contribution in [3.63, 3.8) is 0 Å². The van der Waals surface area contributed by atoms with Crippen LogP contribution in [0.1, 0.15) is 21.5 Å². The van der Waals surface area contributed by atoms with Gasteiger partial charge in [-0.05, 0) is 42.0 Å². The number of carbonyl (C=O) groups excluding carboxylic acids is 1. The molecule has 6 aromatic rings. The number of halogens is 1. The molecule has 8 heteroatoms. The minimum absolute atomic E-state index is 0.0868. The fraction of sp³-hybridized carbons (Fsp3) is 0.0303. The number of hydrogen-bond donors (Lipinski definition) is 2. The molecule has 2 N–H and O–H groups in total. The second-order valence-corrected chi connectivity index (χ2v) is 9.85. The van der Waals surface area contributed by atoms with Crippen molar-refractivity contribution in [2.75, 3.05) is 0 Å². The summed E-state index contributed by atoms with van der Waals surface area (Å²) in [4.78, 5) is 18.1. The molecular formula is C33H24ClN5O2. The molecule has 0 unspecified atom stereocenters. The number of nitrogens with one attached hydrogen (secondary N) is 1. The highest BCUT2D eigenvalue weighted by molar-refractivity contribution is 6.30. The molecule has 2 heterocycles. The molecule has 0 saturated heterocycles. The van der Waals surface area contributed by atoms with Gasteiger partial charge < -0.3 is 5.11 Å². The second kappa shape index (κ2) is 11.5. The van der Waals surface area contributed by atoms with E-state index in [2.05, 4.69) is 15.5 Å². The Labute approximate surface area is 241 Å². The van der Waals surface area contributed by atoms with Crippen LogP contribution in [0.2, 0.25) is 5.02 Å². The molecule has 0 aliphatic carbocycles. The largest absolute Gasteiger partial charge is 0.507 e. The molecule has 0 atom stereocenters. The molecule has 0 spiro atoms. The van der Waals surface area contributed by atoms with E-state index in [0.717, 1.165) is 22.4 Å². The topological polar surface area (TPSA) is 92.4 Å². The highest BCUT2D eigenvalue weighted by Crippen LogP contribution is 2.30. The maximum Gasteiger partial charge on any atom is 0.272 e. The van der Waals surface area contributed by atoms with Gasteiger partial charge in [0.2, 0.25) is 0 Å². The van der Waals surface area contributed by atoms with Crippen molar-refractivity contribution in [3.8, 4) is 28.3 Å². The predicted molar refractivity (Wildman–Crippen MR) is 162 cm³/mol. The fourth-order valence-corrected chi connectivity index (χ4v) is 4.75.